The third kappa shape index (κ3) is 7.38. The van der Waals surface area contributed by atoms with Crippen LogP contribution in [0.15, 0.2) is 60.7 Å². The lowest BCUT2D eigenvalue weighted by Crippen LogP contribution is -2.47. The van der Waals surface area contributed by atoms with Crippen molar-refractivity contribution >= 4 is 29.5 Å². The average molecular weight is 434 g/mol. The Kier molecular flexibility index (Phi) is 8.61. The zero-order chi connectivity index (χ0) is 22.8. The smallest absolute Gasteiger partial charge is 0.247 e. The number of nitrogens with one attached hydrogen (secondary N) is 2. The maximum atomic E-state index is 12.9. The Labute approximate surface area is 189 Å². The summed E-state index contributed by atoms with van der Waals surface area (Å²) in [5, 5.41) is 5.42. The molecule has 2 N–H and O–H groups in total. The summed E-state index contributed by atoms with van der Waals surface area (Å²) < 4.78 is 0. The molecule has 2 aromatic carbocycles. The van der Waals surface area contributed by atoms with Crippen molar-refractivity contribution in [3.8, 4) is 0 Å². The number of amides is 3. The van der Waals surface area contributed by atoms with Crippen LogP contribution in [-0.4, -0.2) is 41.8 Å². The van der Waals surface area contributed by atoms with Crippen LogP contribution in [0.1, 0.15) is 43.2 Å². The van der Waals surface area contributed by atoms with Crippen molar-refractivity contribution in [3.05, 3.63) is 71.8 Å². The molecule has 0 atom stereocenters. The fourth-order valence-corrected chi connectivity index (χ4v) is 3.92. The SMILES string of the molecule is Cc1cccc(NC(=O)CNC(=O)CN(C(=O)/C=C/c2ccccc2)C2CCCCC2)c1. The van der Waals surface area contributed by atoms with Crippen molar-refractivity contribution in [3.63, 3.8) is 0 Å². The minimum Gasteiger partial charge on any atom is -0.345 e. The molecule has 0 saturated heterocycles. The lowest BCUT2D eigenvalue weighted by atomic mass is 9.94. The third-order valence-corrected chi connectivity index (χ3v) is 5.58. The molecule has 0 aliphatic heterocycles. The summed E-state index contributed by atoms with van der Waals surface area (Å²) in [4.78, 5) is 39.4. The zero-order valence-electron chi connectivity index (χ0n) is 18.5. The molecular formula is C26H31N3O3. The molecule has 32 heavy (non-hydrogen) atoms. The first-order valence-electron chi connectivity index (χ1n) is 11.2. The van der Waals surface area contributed by atoms with E-state index in [1.807, 2.05) is 55.5 Å². The Bertz CT molecular complexity index is 950. The van der Waals surface area contributed by atoms with E-state index in [4.69, 9.17) is 0 Å². The molecule has 0 unspecified atom stereocenters. The van der Waals surface area contributed by atoms with E-state index in [2.05, 4.69) is 10.6 Å². The molecule has 168 valence electrons. The number of carbonyl (C=O) groups excluding carboxylic acids is 3. The zero-order valence-corrected chi connectivity index (χ0v) is 18.5. The Hall–Kier alpha value is -3.41. The third-order valence-electron chi connectivity index (χ3n) is 5.58. The summed E-state index contributed by atoms with van der Waals surface area (Å²) in [6, 6.07) is 17.1. The van der Waals surface area contributed by atoms with Crippen LogP contribution in [0.25, 0.3) is 6.08 Å². The molecule has 6 heteroatoms. The van der Waals surface area contributed by atoms with E-state index >= 15 is 0 Å². The van der Waals surface area contributed by atoms with Crippen LogP contribution < -0.4 is 10.6 Å². The van der Waals surface area contributed by atoms with Crippen molar-refractivity contribution in [1.29, 1.82) is 0 Å². The van der Waals surface area contributed by atoms with Crippen molar-refractivity contribution in [1.82, 2.24) is 10.2 Å². The number of nitrogens with zero attached hydrogens (tertiary/aromatic N) is 1. The van der Waals surface area contributed by atoms with E-state index < -0.39 is 0 Å². The van der Waals surface area contributed by atoms with E-state index in [1.54, 1.807) is 17.0 Å². The molecule has 3 amide bonds. The van der Waals surface area contributed by atoms with E-state index in [-0.39, 0.29) is 36.9 Å². The van der Waals surface area contributed by atoms with E-state index in [1.165, 1.54) is 6.08 Å². The van der Waals surface area contributed by atoms with Gasteiger partial charge in [0.05, 0.1) is 6.54 Å². The summed E-state index contributed by atoms with van der Waals surface area (Å²) >= 11 is 0. The van der Waals surface area contributed by atoms with Gasteiger partial charge in [0.2, 0.25) is 17.7 Å². The summed E-state index contributed by atoms with van der Waals surface area (Å²) in [5.41, 5.74) is 2.66. The first-order chi connectivity index (χ1) is 15.5. The van der Waals surface area contributed by atoms with Gasteiger partial charge < -0.3 is 15.5 Å². The lowest BCUT2D eigenvalue weighted by Gasteiger charge is -2.33. The minimum atomic E-state index is -0.337. The van der Waals surface area contributed by atoms with Gasteiger partial charge in [-0.1, -0.05) is 61.7 Å². The predicted molar refractivity (Wildman–Crippen MR) is 127 cm³/mol. The second kappa shape index (κ2) is 11.8. The van der Waals surface area contributed by atoms with Crippen molar-refractivity contribution in [2.75, 3.05) is 18.4 Å². The van der Waals surface area contributed by atoms with Gasteiger partial charge in [-0.3, -0.25) is 14.4 Å². The highest BCUT2D eigenvalue weighted by Crippen LogP contribution is 2.23. The molecule has 0 aromatic heterocycles. The molecule has 0 bridgehead atoms. The molecular weight excluding hydrogens is 402 g/mol. The largest absolute Gasteiger partial charge is 0.345 e. The number of hydrogen-bond acceptors (Lipinski definition) is 3. The van der Waals surface area contributed by atoms with Gasteiger partial charge in [-0.15, -0.1) is 0 Å². The molecule has 6 nitrogen and oxygen atoms in total. The van der Waals surface area contributed by atoms with Crippen molar-refractivity contribution in [2.45, 2.75) is 45.1 Å². The summed E-state index contributed by atoms with van der Waals surface area (Å²) in [7, 11) is 0. The molecule has 1 fully saturated rings. The molecule has 1 aliphatic carbocycles. The molecule has 2 aromatic rings. The highest BCUT2D eigenvalue weighted by molar-refractivity contribution is 5.97. The van der Waals surface area contributed by atoms with Crippen LogP contribution >= 0.6 is 0 Å². The second-order valence-electron chi connectivity index (χ2n) is 8.20. The van der Waals surface area contributed by atoms with Gasteiger partial charge in [-0.2, -0.15) is 0 Å². The fourth-order valence-electron chi connectivity index (χ4n) is 3.92. The number of rotatable bonds is 8. The van der Waals surface area contributed by atoms with Crippen LogP contribution in [0.2, 0.25) is 0 Å². The van der Waals surface area contributed by atoms with Crippen molar-refractivity contribution in [2.24, 2.45) is 0 Å². The minimum absolute atomic E-state index is 0.0449. The Balaban J connectivity index is 1.57. The van der Waals surface area contributed by atoms with Gasteiger partial charge in [0.15, 0.2) is 0 Å². The molecule has 3 rings (SSSR count). The van der Waals surface area contributed by atoms with Crippen LogP contribution in [0, 0.1) is 6.92 Å². The van der Waals surface area contributed by atoms with Crippen LogP contribution in [0.4, 0.5) is 5.69 Å². The fraction of sp³-hybridized carbons (Fsp3) is 0.346. The molecule has 0 radical (unpaired) electrons. The Morgan fingerprint density at radius 3 is 2.44 bits per heavy atom. The Morgan fingerprint density at radius 2 is 1.72 bits per heavy atom. The standard InChI is InChI=1S/C26H31N3O3/c1-20-9-8-12-22(17-20)28-24(30)18-27-25(31)19-29(23-13-6-3-7-14-23)26(32)16-15-21-10-4-2-5-11-21/h2,4-5,8-12,15-17,23H,3,6-7,13-14,18-19H2,1H3,(H,27,31)(H,28,30)/b16-15+. The van der Waals surface area contributed by atoms with Gasteiger partial charge in [0.25, 0.3) is 0 Å². The first-order valence-corrected chi connectivity index (χ1v) is 11.2. The van der Waals surface area contributed by atoms with Crippen LogP contribution in [0.3, 0.4) is 0 Å². The predicted octanol–water partition coefficient (Wildman–Crippen LogP) is 3.92. The summed E-state index contributed by atoms with van der Waals surface area (Å²) in [5.74, 6) is -0.819. The first kappa shape index (κ1) is 23.3. The van der Waals surface area contributed by atoms with E-state index in [0.29, 0.717) is 5.69 Å². The normalized spacial score (nSPS) is 14.2. The van der Waals surface area contributed by atoms with Gasteiger partial charge in [0, 0.05) is 17.8 Å². The topological polar surface area (TPSA) is 78.5 Å². The van der Waals surface area contributed by atoms with Crippen LogP contribution in [-0.2, 0) is 14.4 Å². The molecule has 0 heterocycles. The number of aryl methyl sites for hydroxylation is 1. The average Bonchev–Trinajstić information content (AvgIpc) is 2.81. The maximum absolute atomic E-state index is 12.9. The van der Waals surface area contributed by atoms with Gasteiger partial charge in [-0.25, -0.2) is 0 Å². The highest BCUT2D eigenvalue weighted by Gasteiger charge is 2.26. The molecule has 0 spiro atoms. The monoisotopic (exact) mass is 433 g/mol. The quantitative estimate of drug-likeness (QED) is 0.619. The highest BCUT2D eigenvalue weighted by atomic mass is 16.2. The van der Waals surface area contributed by atoms with Gasteiger partial charge in [0.1, 0.15) is 6.54 Å². The maximum Gasteiger partial charge on any atom is 0.247 e. The van der Waals surface area contributed by atoms with E-state index in [9.17, 15) is 14.4 Å². The summed E-state index contributed by atoms with van der Waals surface area (Å²) in [6.45, 7) is 1.75. The summed E-state index contributed by atoms with van der Waals surface area (Å²) in [6.07, 6.45) is 8.35. The van der Waals surface area contributed by atoms with Gasteiger partial charge >= 0.3 is 0 Å². The van der Waals surface area contributed by atoms with E-state index in [0.717, 1.165) is 43.2 Å². The number of hydrogen-bond donors (Lipinski definition) is 2. The van der Waals surface area contributed by atoms with Crippen LogP contribution in [0.5, 0.6) is 0 Å². The lowest BCUT2D eigenvalue weighted by molar-refractivity contribution is -0.135. The molecule has 1 saturated carbocycles. The Morgan fingerprint density at radius 1 is 0.969 bits per heavy atom. The number of carbonyl (C=O) groups is 3. The number of anilines is 1. The van der Waals surface area contributed by atoms with Crippen molar-refractivity contribution < 1.29 is 14.4 Å². The number of benzene rings is 2. The second-order valence-corrected chi connectivity index (χ2v) is 8.20. The van der Waals surface area contributed by atoms with Gasteiger partial charge in [-0.05, 0) is 49.1 Å². The molecule has 1 aliphatic rings.